The van der Waals surface area contributed by atoms with Crippen molar-refractivity contribution >= 4 is 22.0 Å². The zero-order valence-corrected chi connectivity index (χ0v) is 12.7. The van der Waals surface area contributed by atoms with Gasteiger partial charge in [0.05, 0.1) is 11.0 Å². The van der Waals surface area contributed by atoms with Gasteiger partial charge in [-0.15, -0.1) is 0 Å². The van der Waals surface area contributed by atoms with E-state index in [0.717, 1.165) is 15.6 Å². The second-order valence-electron chi connectivity index (χ2n) is 4.32. The number of carbonyl (C=O) groups is 1. The Kier molecular flexibility index (Phi) is 4.21. The molecule has 112 valence electrons. The first-order valence-corrected chi connectivity index (χ1v) is 6.61. The quantitative estimate of drug-likeness (QED) is 0.854. The molecule has 1 amide bonds. The molecule has 9 heteroatoms. The molecule has 0 aliphatic heterocycles. The topological polar surface area (TPSA) is 71.2 Å². The Morgan fingerprint density at radius 3 is 2.76 bits per heavy atom. The number of aryl methyl sites for hydroxylation is 1. The Bertz CT molecular complexity index is 705. The third kappa shape index (κ3) is 3.02. The lowest BCUT2D eigenvalue weighted by Gasteiger charge is -2.14. The lowest BCUT2D eigenvalue weighted by atomic mass is 10.3. The number of rotatable bonds is 3. The SMILES string of the molecule is Cc1nc(CN(C)C(=O)O)n(-c2c(F)ccc(Br)c2F)n1. The summed E-state index contributed by atoms with van der Waals surface area (Å²) in [5, 5.41) is 12.8. The van der Waals surface area contributed by atoms with Gasteiger partial charge in [0.15, 0.2) is 17.5 Å². The van der Waals surface area contributed by atoms with Crippen molar-refractivity contribution in [2.45, 2.75) is 13.5 Å². The van der Waals surface area contributed by atoms with Crippen LogP contribution in [0.1, 0.15) is 11.6 Å². The lowest BCUT2D eigenvalue weighted by molar-refractivity contribution is 0.152. The molecule has 1 N–H and O–H groups in total. The Morgan fingerprint density at radius 1 is 1.48 bits per heavy atom. The molecular formula is C12H11BrF2N4O2. The van der Waals surface area contributed by atoms with Gasteiger partial charge in [-0.05, 0) is 35.0 Å². The van der Waals surface area contributed by atoms with Crippen LogP contribution in [0, 0.1) is 18.6 Å². The molecule has 0 aliphatic rings. The van der Waals surface area contributed by atoms with Gasteiger partial charge in [0.1, 0.15) is 11.5 Å². The van der Waals surface area contributed by atoms with E-state index in [1.165, 1.54) is 13.1 Å². The predicted molar refractivity (Wildman–Crippen MR) is 73.2 cm³/mol. The maximum absolute atomic E-state index is 14.1. The second-order valence-corrected chi connectivity index (χ2v) is 5.17. The second kappa shape index (κ2) is 5.76. The van der Waals surface area contributed by atoms with Crippen molar-refractivity contribution in [3.63, 3.8) is 0 Å². The molecule has 21 heavy (non-hydrogen) atoms. The Morgan fingerprint density at radius 2 is 2.14 bits per heavy atom. The van der Waals surface area contributed by atoms with Crippen molar-refractivity contribution in [1.82, 2.24) is 19.7 Å². The number of aromatic nitrogens is 3. The van der Waals surface area contributed by atoms with E-state index in [1.807, 2.05) is 0 Å². The number of benzene rings is 1. The van der Waals surface area contributed by atoms with Gasteiger partial charge in [-0.3, -0.25) is 0 Å². The number of halogens is 3. The van der Waals surface area contributed by atoms with Crippen LogP contribution in [-0.2, 0) is 6.54 Å². The van der Waals surface area contributed by atoms with Gasteiger partial charge in [0.25, 0.3) is 0 Å². The molecule has 6 nitrogen and oxygen atoms in total. The Hall–Kier alpha value is -2.03. The van der Waals surface area contributed by atoms with Crippen LogP contribution < -0.4 is 0 Å². The number of hydrogen-bond donors (Lipinski definition) is 1. The third-order valence-corrected chi connectivity index (χ3v) is 3.33. The summed E-state index contributed by atoms with van der Waals surface area (Å²) in [4.78, 5) is 15.8. The molecule has 0 radical (unpaired) electrons. The zero-order valence-electron chi connectivity index (χ0n) is 11.1. The van der Waals surface area contributed by atoms with E-state index in [0.29, 0.717) is 0 Å². The minimum atomic E-state index is -1.18. The van der Waals surface area contributed by atoms with Crippen LogP contribution in [0.2, 0.25) is 0 Å². The smallest absolute Gasteiger partial charge is 0.407 e. The summed E-state index contributed by atoms with van der Waals surface area (Å²) >= 11 is 2.98. The zero-order chi connectivity index (χ0) is 15.7. The van der Waals surface area contributed by atoms with E-state index in [2.05, 4.69) is 26.0 Å². The van der Waals surface area contributed by atoms with Crippen LogP contribution in [0.4, 0.5) is 13.6 Å². The molecule has 0 bridgehead atoms. The predicted octanol–water partition coefficient (Wildman–Crippen LogP) is 2.73. The maximum Gasteiger partial charge on any atom is 0.407 e. The first kappa shape index (κ1) is 15.4. The molecule has 2 aromatic rings. The van der Waals surface area contributed by atoms with Gasteiger partial charge in [-0.25, -0.2) is 23.2 Å². The summed E-state index contributed by atoms with van der Waals surface area (Å²) in [5.41, 5.74) is -0.404. The van der Waals surface area contributed by atoms with Crippen LogP contribution >= 0.6 is 15.9 Å². The van der Waals surface area contributed by atoms with Crippen LogP contribution in [0.5, 0.6) is 0 Å². The molecule has 0 aliphatic carbocycles. The van der Waals surface area contributed by atoms with E-state index in [9.17, 15) is 13.6 Å². The van der Waals surface area contributed by atoms with Crippen molar-refractivity contribution in [3.8, 4) is 5.69 Å². The molecule has 1 heterocycles. The lowest BCUT2D eigenvalue weighted by Crippen LogP contribution is -2.26. The van der Waals surface area contributed by atoms with Crippen LogP contribution in [0.3, 0.4) is 0 Å². The van der Waals surface area contributed by atoms with Gasteiger partial charge in [-0.2, -0.15) is 5.10 Å². The minimum absolute atomic E-state index is 0.0737. The third-order valence-electron chi connectivity index (χ3n) is 2.72. The molecule has 1 aromatic heterocycles. The molecule has 2 rings (SSSR count). The molecule has 0 fully saturated rings. The van der Waals surface area contributed by atoms with Crippen molar-refractivity contribution in [2.24, 2.45) is 0 Å². The van der Waals surface area contributed by atoms with Crippen molar-refractivity contribution in [1.29, 1.82) is 0 Å². The van der Waals surface area contributed by atoms with E-state index in [-0.39, 0.29) is 22.7 Å². The molecular weight excluding hydrogens is 350 g/mol. The van der Waals surface area contributed by atoms with Crippen LogP contribution in [-0.4, -0.2) is 37.9 Å². The van der Waals surface area contributed by atoms with E-state index in [1.54, 1.807) is 6.92 Å². The highest BCUT2D eigenvalue weighted by molar-refractivity contribution is 9.10. The van der Waals surface area contributed by atoms with Crippen molar-refractivity contribution < 1.29 is 18.7 Å². The summed E-state index contributed by atoms with van der Waals surface area (Å²) < 4.78 is 29.1. The molecule has 0 saturated heterocycles. The summed E-state index contributed by atoms with van der Waals surface area (Å²) in [6.45, 7) is 1.40. The first-order chi connectivity index (χ1) is 9.81. The van der Waals surface area contributed by atoms with E-state index in [4.69, 9.17) is 5.11 Å². The van der Waals surface area contributed by atoms with E-state index >= 15 is 0 Å². The number of hydrogen-bond acceptors (Lipinski definition) is 3. The normalized spacial score (nSPS) is 10.7. The molecule has 0 saturated carbocycles. The van der Waals surface area contributed by atoms with Crippen molar-refractivity contribution in [2.75, 3.05) is 7.05 Å². The monoisotopic (exact) mass is 360 g/mol. The molecule has 0 atom stereocenters. The largest absolute Gasteiger partial charge is 0.465 e. The Labute approximate surface area is 127 Å². The minimum Gasteiger partial charge on any atom is -0.465 e. The highest BCUT2D eigenvalue weighted by Gasteiger charge is 2.21. The van der Waals surface area contributed by atoms with Gasteiger partial charge < -0.3 is 10.0 Å². The average molecular weight is 361 g/mol. The number of carboxylic acid groups (broad SMARTS) is 1. The molecule has 0 spiro atoms. The molecule has 0 unspecified atom stereocenters. The van der Waals surface area contributed by atoms with Crippen LogP contribution in [0.25, 0.3) is 5.69 Å². The standard InChI is InChI=1S/C12H11BrF2N4O2/c1-6-16-9(5-18(2)12(20)21)19(17-6)11-8(14)4-3-7(13)10(11)15/h3-4H,5H2,1-2H3,(H,20,21). The van der Waals surface area contributed by atoms with Gasteiger partial charge in [0, 0.05) is 7.05 Å². The highest BCUT2D eigenvalue weighted by Crippen LogP contribution is 2.25. The van der Waals surface area contributed by atoms with Gasteiger partial charge >= 0.3 is 6.09 Å². The Balaban J connectivity index is 2.55. The van der Waals surface area contributed by atoms with Crippen molar-refractivity contribution in [3.05, 3.63) is 39.9 Å². The summed E-state index contributed by atoms with van der Waals surface area (Å²) in [6, 6.07) is 2.32. The molecule has 1 aromatic carbocycles. The number of amides is 1. The summed E-state index contributed by atoms with van der Waals surface area (Å²) in [7, 11) is 1.32. The first-order valence-electron chi connectivity index (χ1n) is 5.81. The van der Waals surface area contributed by atoms with E-state index < -0.39 is 23.4 Å². The maximum atomic E-state index is 14.1. The van der Waals surface area contributed by atoms with Gasteiger partial charge in [0.2, 0.25) is 0 Å². The fraction of sp³-hybridized carbons (Fsp3) is 0.250. The highest BCUT2D eigenvalue weighted by atomic mass is 79.9. The van der Waals surface area contributed by atoms with Crippen LogP contribution in [0.15, 0.2) is 16.6 Å². The summed E-state index contributed by atoms with van der Waals surface area (Å²) in [6.07, 6.45) is -1.18. The van der Waals surface area contributed by atoms with Gasteiger partial charge in [-0.1, -0.05) is 0 Å². The number of nitrogens with zero attached hydrogens (tertiary/aromatic N) is 4. The fourth-order valence-electron chi connectivity index (χ4n) is 1.73. The fourth-order valence-corrected chi connectivity index (χ4v) is 2.05. The average Bonchev–Trinajstić information content (AvgIpc) is 2.75. The summed E-state index contributed by atoms with van der Waals surface area (Å²) in [5.74, 6) is -1.25.